The topological polar surface area (TPSA) is 55.5 Å². The summed E-state index contributed by atoms with van der Waals surface area (Å²) in [5, 5.41) is 9.19. The highest BCUT2D eigenvalue weighted by Gasteiger charge is 2.47. The number of hydrogen-bond acceptors (Lipinski definition) is 3. The molecule has 3 N–H and O–H groups in total. The van der Waals surface area contributed by atoms with E-state index in [0.29, 0.717) is 0 Å². The van der Waals surface area contributed by atoms with Gasteiger partial charge in [-0.05, 0) is 32.1 Å². The molecule has 0 amide bonds. The number of hydrogen-bond donors (Lipinski definition) is 2. The molecular weight excluding hydrogens is 142 g/mol. The van der Waals surface area contributed by atoms with E-state index in [9.17, 15) is 5.11 Å². The van der Waals surface area contributed by atoms with Gasteiger partial charge >= 0.3 is 0 Å². The summed E-state index contributed by atoms with van der Waals surface area (Å²) in [6.45, 7) is 0. The van der Waals surface area contributed by atoms with Crippen LogP contribution in [0.1, 0.15) is 32.1 Å². The third kappa shape index (κ3) is 1.41. The number of rotatable bonds is 1. The van der Waals surface area contributed by atoms with E-state index in [1.807, 2.05) is 0 Å². The van der Waals surface area contributed by atoms with Gasteiger partial charge in [0, 0.05) is 5.54 Å². The molecule has 11 heavy (non-hydrogen) atoms. The van der Waals surface area contributed by atoms with Gasteiger partial charge in [-0.2, -0.15) is 0 Å². The lowest BCUT2D eigenvalue weighted by molar-refractivity contribution is -0.171. The van der Waals surface area contributed by atoms with Crippen molar-refractivity contribution in [3.63, 3.8) is 0 Å². The second kappa shape index (κ2) is 2.44. The van der Waals surface area contributed by atoms with Crippen LogP contribution in [0.4, 0.5) is 0 Å². The number of aliphatic hydroxyl groups excluding tert-OH is 1. The van der Waals surface area contributed by atoms with E-state index in [1.54, 1.807) is 0 Å². The molecule has 0 aromatic heterocycles. The molecule has 1 heterocycles. The van der Waals surface area contributed by atoms with E-state index in [4.69, 9.17) is 10.5 Å². The maximum absolute atomic E-state index is 9.19. The van der Waals surface area contributed by atoms with E-state index in [2.05, 4.69) is 0 Å². The van der Waals surface area contributed by atoms with Crippen LogP contribution in [0.25, 0.3) is 0 Å². The SMILES string of the molecule is NC1(C2CCC[C@@H](O)O2)CC1. The summed E-state index contributed by atoms with van der Waals surface area (Å²) in [5.74, 6) is 0. The second-order valence-electron chi connectivity index (χ2n) is 3.74. The molecule has 1 saturated carbocycles. The molecule has 0 radical (unpaired) electrons. The van der Waals surface area contributed by atoms with Gasteiger partial charge in [-0.1, -0.05) is 0 Å². The van der Waals surface area contributed by atoms with Gasteiger partial charge in [0.05, 0.1) is 6.10 Å². The minimum Gasteiger partial charge on any atom is -0.368 e. The number of ether oxygens (including phenoxy) is 1. The summed E-state index contributed by atoms with van der Waals surface area (Å²) in [4.78, 5) is 0. The number of nitrogens with two attached hydrogens (primary N) is 1. The van der Waals surface area contributed by atoms with Crippen molar-refractivity contribution < 1.29 is 9.84 Å². The average Bonchev–Trinajstić information content (AvgIpc) is 2.70. The normalized spacial score (nSPS) is 42.0. The zero-order chi connectivity index (χ0) is 7.90. The van der Waals surface area contributed by atoms with Crippen LogP contribution in [0.3, 0.4) is 0 Å². The van der Waals surface area contributed by atoms with Crippen LogP contribution in [0, 0.1) is 0 Å². The molecule has 1 aliphatic carbocycles. The van der Waals surface area contributed by atoms with Gasteiger partial charge in [0.2, 0.25) is 0 Å². The lowest BCUT2D eigenvalue weighted by Gasteiger charge is -2.30. The third-order valence-electron chi connectivity index (χ3n) is 2.71. The Morgan fingerprint density at radius 3 is 2.64 bits per heavy atom. The monoisotopic (exact) mass is 157 g/mol. The summed E-state index contributed by atoms with van der Waals surface area (Å²) >= 11 is 0. The van der Waals surface area contributed by atoms with E-state index < -0.39 is 6.29 Å². The van der Waals surface area contributed by atoms with Crippen LogP contribution < -0.4 is 5.73 Å². The fourth-order valence-corrected chi connectivity index (χ4v) is 1.69. The van der Waals surface area contributed by atoms with Crippen molar-refractivity contribution in [2.75, 3.05) is 0 Å². The summed E-state index contributed by atoms with van der Waals surface area (Å²) in [5.41, 5.74) is 5.87. The van der Waals surface area contributed by atoms with Crippen molar-refractivity contribution in [1.29, 1.82) is 0 Å². The second-order valence-corrected chi connectivity index (χ2v) is 3.74. The molecule has 1 saturated heterocycles. The quantitative estimate of drug-likeness (QED) is 0.578. The van der Waals surface area contributed by atoms with Gasteiger partial charge in [0.1, 0.15) is 0 Å². The molecule has 0 aromatic carbocycles. The lowest BCUT2D eigenvalue weighted by Crippen LogP contribution is -2.43. The van der Waals surface area contributed by atoms with Crippen LogP contribution in [-0.4, -0.2) is 23.0 Å². The Kier molecular flexibility index (Phi) is 1.67. The Hall–Kier alpha value is -0.120. The van der Waals surface area contributed by atoms with Crippen LogP contribution in [0.15, 0.2) is 0 Å². The van der Waals surface area contributed by atoms with Gasteiger partial charge < -0.3 is 15.6 Å². The predicted molar refractivity (Wildman–Crippen MR) is 40.9 cm³/mol. The fourth-order valence-electron chi connectivity index (χ4n) is 1.69. The standard InChI is InChI=1S/C8H15NO2/c9-8(4-5-8)6-2-1-3-7(10)11-6/h6-7,10H,1-5,9H2/t6?,7-/m0/s1. The van der Waals surface area contributed by atoms with Gasteiger partial charge in [0.15, 0.2) is 6.29 Å². The Balaban J connectivity index is 1.93. The molecule has 2 atom stereocenters. The smallest absolute Gasteiger partial charge is 0.154 e. The predicted octanol–water partition coefficient (Wildman–Crippen LogP) is 0.365. The highest BCUT2D eigenvalue weighted by molar-refractivity contribution is 5.05. The number of aliphatic hydroxyl groups is 1. The zero-order valence-electron chi connectivity index (χ0n) is 6.62. The molecular formula is C8H15NO2. The Bertz CT molecular complexity index is 156. The molecule has 2 fully saturated rings. The summed E-state index contributed by atoms with van der Waals surface area (Å²) < 4.78 is 5.34. The molecule has 2 aliphatic rings. The Morgan fingerprint density at radius 2 is 2.09 bits per heavy atom. The van der Waals surface area contributed by atoms with Crippen LogP contribution in [0.2, 0.25) is 0 Å². The largest absolute Gasteiger partial charge is 0.368 e. The molecule has 0 aromatic rings. The fraction of sp³-hybridized carbons (Fsp3) is 1.00. The van der Waals surface area contributed by atoms with Gasteiger partial charge in [-0.15, -0.1) is 0 Å². The van der Waals surface area contributed by atoms with Gasteiger partial charge in [-0.3, -0.25) is 0 Å². The zero-order valence-corrected chi connectivity index (χ0v) is 6.62. The van der Waals surface area contributed by atoms with E-state index >= 15 is 0 Å². The van der Waals surface area contributed by atoms with Crippen molar-refractivity contribution in [3.05, 3.63) is 0 Å². The van der Waals surface area contributed by atoms with Crippen molar-refractivity contribution in [2.45, 2.75) is 50.0 Å². The molecule has 1 unspecified atom stereocenters. The Morgan fingerprint density at radius 1 is 1.36 bits per heavy atom. The molecule has 0 spiro atoms. The third-order valence-corrected chi connectivity index (χ3v) is 2.71. The van der Waals surface area contributed by atoms with Crippen molar-refractivity contribution in [2.24, 2.45) is 5.73 Å². The van der Waals surface area contributed by atoms with Crippen LogP contribution in [-0.2, 0) is 4.74 Å². The van der Waals surface area contributed by atoms with Gasteiger partial charge in [0.25, 0.3) is 0 Å². The Labute approximate surface area is 66.5 Å². The first kappa shape index (κ1) is 7.53. The van der Waals surface area contributed by atoms with E-state index in [-0.39, 0.29) is 11.6 Å². The first-order chi connectivity index (χ1) is 5.21. The highest BCUT2D eigenvalue weighted by atomic mass is 16.6. The van der Waals surface area contributed by atoms with Crippen molar-refractivity contribution >= 4 is 0 Å². The van der Waals surface area contributed by atoms with Crippen molar-refractivity contribution in [3.8, 4) is 0 Å². The first-order valence-electron chi connectivity index (χ1n) is 4.33. The molecule has 0 bridgehead atoms. The van der Waals surface area contributed by atoms with Gasteiger partial charge in [-0.25, -0.2) is 0 Å². The summed E-state index contributed by atoms with van der Waals surface area (Å²) in [6, 6.07) is 0. The molecule has 1 aliphatic heterocycles. The van der Waals surface area contributed by atoms with E-state index in [0.717, 1.165) is 32.1 Å². The maximum Gasteiger partial charge on any atom is 0.154 e. The van der Waals surface area contributed by atoms with E-state index in [1.165, 1.54) is 0 Å². The summed E-state index contributed by atoms with van der Waals surface area (Å²) in [7, 11) is 0. The first-order valence-corrected chi connectivity index (χ1v) is 4.33. The van der Waals surface area contributed by atoms with Crippen LogP contribution in [0.5, 0.6) is 0 Å². The van der Waals surface area contributed by atoms with Crippen molar-refractivity contribution in [1.82, 2.24) is 0 Å². The highest BCUT2D eigenvalue weighted by Crippen LogP contribution is 2.41. The molecule has 2 rings (SSSR count). The minimum absolute atomic E-state index is 0.0819. The maximum atomic E-state index is 9.19. The average molecular weight is 157 g/mol. The minimum atomic E-state index is -0.560. The lowest BCUT2D eigenvalue weighted by atomic mass is 10.0. The molecule has 3 heteroatoms. The molecule has 3 nitrogen and oxygen atoms in total. The summed E-state index contributed by atoms with van der Waals surface area (Å²) in [6.07, 6.45) is 4.51. The molecule has 64 valence electrons. The van der Waals surface area contributed by atoms with Crippen LogP contribution >= 0.6 is 0 Å².